The number of methoxy groups -OCH3 is 1. The van der Waals surface area contributed by atoms with Crippen LogP contribution in [0.1, 0.15) is 12.8 Å². The van der Waals surface area contributed by atoms with E-state index in [1.54, 1.807) is 0 Å². The Balaban J connectivity index is 2.82. The first-order chi connectivity index (χ1) is 7.77. The third-order valence-electron chi connectivity index (χ3n) is 2.76. The maximum absolute atomic E-state index is 12.5. The van der Waals surface area contributed by atoms with Crippen LogP contribution in [0.25, 0.3) is 0 Å². The smallest absolute Gasteiger partial charge is 0.410 e. The molecule has 98 valence electrons. The number of amides is 1. The molecule has 2 atom stereocenters. The number of carbonyl (C=O) groups excluding carboxylic acids is 1. The molecule has 1 rings (SSSR count). The van der Waals surface area contributed by atoms with Gasteiger partial charge in [-0.25, -0.2) is 9.59 Å². The molecule has 1 amide bonds. The summed E-state index contributed by atoms with van der Waals surface area (Å²) in [5, 5.41) is 8.82. The number of hydrogen-bond donors (Lipinski definition) is 1. The molecule has 0 bridgehead atoms. The minimum atomic E-state index is -4.43. The van der Waals surface area contributed by atoms with E-state index in [1.165, 1.54) is 0 Å². The zero-order valence-corrected chi connectivity index (χ0v) is 9.03. The number of piperidine rings is 1. The lowest BCUT2D eigenvalue weighted by atomic mass is 9.90. The molecule has 0 spiro atoms. The molecule has 2 unspecified atom stereocenters. The molecule has 5 nitrogen and oxygen atoms in total. The van der Waals surface area contributed by atoms with Crippen LogP contribution in [0.15, 0.2) is 0 Å². The van der Waals surface area contributed by atoms with Crippen molar-refractivity contribution in [3.05, 3.63) is 0 Å². The Hall–Kier alpha value is -1.47. The van der Waals surface area contributed by atoms with Crippen LogP contribution in [-0.2, 0) is 9.53 Å². The first-order valence-electron chi connectivity index (χ1n) is 4.91. The molecular weight excluding hydrogens is 243 g/mol. The standard InChI is InChI=1S/C9H12F3NO4/c1-17-8(16)13-3-2-5(9(10,11)12)4-6(13)7(14)15/h5-6H,2-4H2,1H3,(H,14,15). The second-order valence-electron chi connectivity index (χ2n) is 3.78. The normalized spacial score (nSPS) is 25.5. The van der Waals surface area contributed by atoms with Crippen LogP contribution in [0.5, 0.6) is 0 Å². The summed E-state index contributed by atoms with van der Waals surface area (Å²) in [4.78, 5) is 22.8. The van der Waals surface area contributed by atoms with Crippen molar-refractivity contribution in [3.63, 3.8) is 0 Å². The highest BCUT2D eigenvalue weighted by molar-refractivity contribution is 5.80. The number of likely N-dealkylation sites (tertiary alicyclic amines) is 1. The maximum atomic E-state index is 12.5. The van der Waals surface area contributed by atoms with Crippen molar-refractivity contribution < 1.29 is 32.6 Å². The van der Waals surface area contributed by atoms with Gasteiger partial charge in [0.2, 0.25) is 0 Å². The van der Waals surface area contributed by atoms with Crippen molar-refractivity contribution in [2.75, 3.05) is 13.7 Å². The second-order valence-corrected chi connectivity index (χ2v) is 3.78. The molecule has 8 heteroatoms. The second kappa shape index (κ2) is 4.80. The molecule has 0 aromatic rings. The summed E-state index contributed by atoms with van der Waals surface area (Å²) < 4.78 is 41.7. The largest absolute Gasteiger partial charge is 0.480 e. The van der Waals surface area contributed by atoms with E-state index in [1.807, 2.05) is 0 Å². The number of ether oxygens (including phenoxy) is 1. The Labute approximate surface area is 95.1 Å². The van der Waals surface area contributed by atoms with Gasteiger partial charge in [0.25, 0.3) is 0 Å². The van der Waals surface area contributed by atoms with Gasteiger partial charge in [0.1, 0.15) is 6.04 Å². The molecule has 1 heterocycles. The summed E-state index contributed by atoms with van der Waals surface area (Å²) in [6, 6.07) is -1.48. The highest BCUT2D eigenvalue weighted by Crippen LogP contribution is 2.36. The van der Waals surface area contributed by atoms with E-state index in [0.29, 0.717) is 0 Å². The highest BCUT2D eigenvalue weighted by Gasteiger charge is 2.47. The lowest BCUT2D eigenvalue weighted by molar-refractivity contribution is -0.191. The molecular formula is C9H12F3NO4. The van der Waals surface area contributed by atoms with Crippen molar-refractivity contribution in [2.24, 2.45) is 5.92 Å². The van der Waals surface area contributed by atoms with Gasteiger partial charge in [-0.05, 0) is 12.8 Å². The van der Waals surface area contributed by atoms with Gasteiger partial charge < -0.3 is 9.84 Å². The fraction of sp³-hybridized carbons (Fsp3) is 0.778. The molecule has 0 radical (unpaired) electrons. The molecule has 1 aliphatic heterocycles. The van der Waals surface area contributed by atoms with E-state index in [-0.39, 0.29) is 13.0 Å². The number of rotatable bonds is 1. The van der Waals surface area contributed by atoms with Gasteiger partial charge in [-0.2, -0.15) is 13.2 Å². The summed E-state index contributed by atoms with van der Waals surface area (Å²) in [7, 11) is 1.05. The monoisotopic (exact) mass is 255 g/mol. The van der Waals surface area contributed by atoms with Crippen LogP contribution in [0.2, 0.25) is 0 Å². The Morgan fingerprint density at radius 1 is 1.41 bits per heavy atom. The molecule has 17 heavy (non-hydrogen) atoms. The number of hydrogen-bond acceptors (Lipinski definition) is 3. The molecule has 0 saturated carbocycles. The lowest BCUT2D eigenvalue weighted by Gasteiger charge is -2.36. The van der Waals surface area contributed by atoms with E-state index in [2.05, 4.69) is 4.74 Å². The number of alkyl halides is 3. The summed E-state index contributed by atoms with van der Waals surface area (Å²) >= 11 is 0. The molecule has 1 N–H and O–H groups in total. The van der Waals surface area contributed by atoms with Crippen LogP contribution < -0.4 is 0 Å². The zero-order chi connectivity index (χ0) is 13.2. The minimum absolute atomic E-state index is 0.270. The van der Waals surface area contributed by atoms with E-state index in [4.69, 9.17) is 5.11 Å². The Bertz CT molecular complexity index is 318. The summed E-state index contributed by atoms with van der Waals surface area (Å²) in [6.45, 7) is -0.270. The molecule has 1 fully saturated rings. The van der Waals surface area contributed by atoms with E-state index < -0.39 is 36.6 Å². The van der Waals surface area contributed by atoms with Crippen LogP contribution in [0, 0.1) is 5.92 Å². The molecule has 0 aromatic carbocycles. The van der Waals surface area contributed by atoms with Crippen molar-refractivity contribution in [2.45, 2.75) is 25.1 Å². The van der Waals surface area contributed by atoms with Gasteiger partial charge in [0.15, 0.2) is 0 Å². The number of carbonyl (C=O) groups is 2. The number of carboxylic acid groups (broad SMARTS) is 1. The first-order valence-corrected chi connectivity index (χ1v) is 4.91. The van der Waals surface area contributed by atoms with Crippen LogP contribution in [0.4, 0.5) is 18.0 Å². The van der Waals surface area contributed by atoms with Gasteiger partial charge >= 0.3 is 18.2 Å². The zero-order valence-electron chi connectivity index (χ0n) is 9.03. The van der Waals surface area contributed by atoms with Gasteiger partial charge in [-0.15, -0.1) is 0 Å². The summed E-state index contributed by atoms with van der Waals surface area (Å²) in [5.74, 6) is -3.14. The Kier molecular flexibility index (Phi) is 3.84. The predicted octanol–water partition coefficient (Wildman–Crippen LogP) is 1.48. The predicted molar refractivity (Wildman–Crippen MR) is 49.3 cm³/mol. The van der Waals surface area contributed by atoms with Crippen molar-refractivity contribution in [1.29, 1.82) is 0 Å². The quantitative estimate of drug-likeness (QED) is 0.770. The SMILES string of the molecule is COC(=O)N1CCC(C(F)(F)F)CC1C(=O)O. The highest BCUT2D eigenvalue weighted by atomic mass is 19.4. The van der Waals surface area contributed by atoms with Crippen LogP contribution in [0.3, 0.4) is 0 Å². The Morgan fingerprint density at radius 3 is 2.41 bits per heavy atom. The third-order valence-corrected chi connectivity index (χ3v) is 2.76. The van der Waals surface area contributed by atoms with Crippen molar-refractivity contribution >= 4 is 12.1 Å². The number of carboxylic acids is 1. The van der Waals surface area contributed by atoms with E-state index in [9.17, 15) is 22.8 Å². The molecule has 1 saturated heterocycles. The maximum Gasteiger partial charge on any atom is 0.410 e. The van der Waals surface area contributed by atoms with E-state index >= 15 is 0 Å². The molecule has 0 aromatic heterocycles. The van der Waals surface area contributed by atoms with Gasteiger partial charge in [0.05, 0.1) is 13.0 Å². The van der Waals surface area contributed by atoms with Crippen molar-refractivity contribution in [1.82, 2.24) is 4.90 Å². The third kappa shape index (κ3) is 3.01. The summed E-state index contributed by atoms with van der Waals surface area (Å²) in [5.41, 5.74) is 0. The number of halogens is 3. The molecule has 1 aliphatic rings. The van der Waals surface area contributed by atoms with Gasteiger partial charge in [-0.3, -0.25) is 4.90 Å². The van der Waals surface area contributed by atoms with Gasteiger partial charge in [-0.1, -0.05) is 0 Å². The van der Waals surface area contributed by atoms with Crippen LogP contribution >= 0.6 is 0 Å². The van der Waals surface area contributed by atoms with E-state index in [0.717, 1.165) is 12.0 Å². The lowest BCUT2D eigenvalue weighted by Crippen LogP contribution is -2.52. The average Bonchev–Trinajstić information content (AvgIpc) is 2.25. The average molecular weight is 255 g/mol. The van der Waals surface area contributed by atoms with Crippen molar-refractivity contribution in [3.8, 4) is 0 Å². The first kappa shape index (κ1) is 13.6. The van der Waals surface area contributed by atoms with Crippen LogP contribution in [-0.4, -0.2) is 47.9 Å². The fourth-order valence-electron chi connectivity index (χ4n) is 1.83. The fourth-order valence-corrected chi connectivity index (χ4v) is 1.83. The Morgan fingerprint density at radius 2 is 2.00 bits per heavy atom. The summed E-state index contributed by atoms with van der Waals surface area (Å²) in [6.07, 6.45) is -6.29. The minimum Gasteiger partial charge on any atom is -0.480 e. The number of aliphatic carboxylic acids is 1. The van der Waals surface area contributed by atoms with Gasteiger partial charge in [0, 0.05) is 6.54 Å². The molecule has 0 aliphatic carbocycles. The topological polar surface area (TPSA) is 66.8 Å². The number of nitrogens with zero attached hydrogens (tertiary/aromatic N) is 1.